The van der Waals surface area contributed by atoms with Gasteiger partial charge in [-0.3, -0.25) is 4.72 Å². The first-order valence-corrected chi connectivity index (χ1v) is 7.52. The molecule has 3 rings (SSSR count). The number of nitrogen functional groups attached to an aromatic ring is 1. The summed E-state index contributed by atoms with van der Waals surface area (Å²) >= 11 is 0. The van der Waals surface area contributed by atoms with Crippen molar-refractivity contribution in [2.75, 3.05) is 10.5 Å². The molecule has 0 saturated heterocycles. The largest absolute Gasteiger partial charge is 0.399 e. The van der Waals surface area contributed by atoms with Crippen molar-refractivity contribution in [1.82, 2.24) is 9.78 Å². The van der Waals surface area contributed by atoms with Crippen LogP contribution in [0.3, 0.4) is 0 Å². The van der Waals surface area contributed by atoms with Gasteiger partial charge in [0.15, 0.2) is 0 Å². The van der Waals surface area contributed by atoms with Crippen molar-refractivity contribution in [3.8, 4) is 5.69 Å². The zero-order chi connectivity index (χ0) is 13.5. The predicted molar refractivity (Wildman–Crippen MR) is 73.5 cm³/mol. The summed E-state index contributed by atoms with van der Waals surface area (Å²) in [7, 11) is -3.28. The Morgan fingerprint density at radius 2 is 1.89 bits per heavy atom. The molecule has 1 aliphatic carbocycles. The number of hydrogen-bond acceptors (Lipinski definition) is 4. The summed E-state index contributed by atoms with van der Waals surface area (Å²) in [5, 5.41) is 3.87. The summed E-state index contributed by atoms with van der Waals surface area (Å²) < 4.78 is 28.0. The monoisotopic (exact) mass is 278 g/mol. The number of sulfonamides is 1. The van der Waals surface area contributed by atoms with Crippen LogP contribution in [0.25, 0.3) is 5.69 Å². The molecule has 1 fully saturated rings. The Kier molecular flexibility index (Phi) is 2.70. The van der Waals surface area contributed by atoms with E-state index < -0.39 is 10.0 Å². The quantitative estimate of drug-likeness (QED) is 0.826. The van der Waals surface area contributed by atoms with Gasteiger partial charge in [-0.2, -0.15) is 5.10 Å². The highest BCUT2D eigenvalue weighted by Crippen LogP contribution is 2.30. The van der Waals surface area contributed by atoms with Crippen LogP contribution in [0, 0.1) is 0 Å². The van der Waals surface area contributed by atoms with Crippen molar-refractivity contribution >= 4 is 21.5 Å². The number of benzene rings is 1. The lowest BCUT2D eigenvalue weighted by molar-refractivity contribution is 0.599. The molecule has 0 atom stereocenters. The minimum absolute atomic E-state index is 0.262. The molecule has 1 heterocycles. The van der Waals surface area contributed by atoms with Crippen molar-refractivity contribution in [1.29, 1.82) is 0 Å². The lowest BCUT2D eigenvalue weighted by atomic mass is 10.3. The topological polar surface area (TPSA) is 90.0 Å². The molecule has 2 aromatic rings. The van der Waals surface area contributed by atoms with Gasteiger partial charge in [-0.05, 0) is 37.1 Å². The number of hydrogen-bond donors (Lipinski definition) is 2. The SMILES string of the molecule is Nc1ccc(-n2nccc2NS(=O)(=O)C2CC2)cc1. The van der Waals surface area contributed by atoms with Crippen LogP contribution in [0.2, 0.25) is 0 Å². The molecule has 19 heavy (non-hydrogen) atoms. The molecule has 7 heteroatoms. The van der Waals surface area contributed by atoms with Crippen molar-refractivity contribution in [3.63, 3.8) is 0 Å². The first kappa shape index (κ1) is 12.0. The Bertz CT molecular complexity index is 687. The summed E-state index contributed by atoms with van der Waals surface area (Å²) in [6.45, 7) is 0. The summed E-state index contributed by atoms with van der Waals surface area (Å²) in [6, 6.07) is 8.71. The van der Waals surface area contributed by atoms with Crippen LogP contribution in [0.5, 0.6) is 0 Å². The van der Waals surface area contributed by atoms with E-state index in [1.807, 2.05) is 0 Å². The zero-order valence-corrected chi connectivity index (χ0v) is 11.0. The van der Waals surface area contributed by atoms with Gasteiger partial charge in [-0.15, -0.1) is 0 Å². The number of nitrogens with zero attached hydrogens (tertiary/aromatic N) is 2. The Hall–Kier alpha value is -2.02. The second-order valence-corrected chi connectivity index (χ2v) is 6.53. The Morgan fingerprint density at radius 1 is 1.21 bits per heavy atom. The van der Waals surface area contributed by atoms with Crippen molar-refractivity contribution in [2.24, 2.45) is 0 Å². The summed E-state index contributed by atoms with van der Waals surface area (Å²) in [4.78, 5) is 0. The van der Waals surface area contributed by atoms with Gasteiger partial charge in [-0.25, -0.2) is 13.1 Å². The van der Waals surface area contributed by atoms with Crippen molar-refractivity contribution in [3.05, 3.63) is 36.5 Å². The van der Waals surface area contributed by atoms with Crippen LogP contribution in [-0.4, -0.2) is 23.4 Å². The third-order valence-electron chi connectivity index (χ3n) is 2.99. The van der Waals surface area contributed by atoms with E-state index in [0.717, 1.165) is 18.5 Å². The molecule has 1 saturated carbocycles. The highest BCUT2D eigenvalue weighted by atomic mass is 32.2. The summed E-state index contributed by atoms with van der Waals surface area (Å²) in [5.74, 6) is 0.441. The van der Waals surface area contributed by atoms with Gasteiger partial charge in [0, 0.05) is 11.8 Å². The van der Waals surface area contributed by atoms with Gasteiger partial charge in [-0.1, -0.05) is 0 Å². The van der Waals surface area contributed by atoms with Crippen LogP contribution in [0.1, 0.15) is 12.8 Å². The van der Waals surface area contributed by atoms with Gasteiger partial charge in [0.05, 0.1) is 17.1 Å². The molecule has 1 aliphatic rings. The van der Waals surface area contributed by atoms with E-state index >= 15 is 0 Å². The molecule has 0 amide bonds. The molecule has 100 valence electrons. The highest BCUT2D eigenvalue weighted by molar-refractivity contribution is 7.93. The van der Waals surface area contributed by atoms with E-state index in [1.165, 1.54) is 0 Å². The van der Waals surface area contributed by atoms with Gasteiger partial charge in [0.2, 0.25) is 10.0 Å². The second-order valence-electron chi connectivity index (χ2n) is 4.57. The van der Waals surface area contributed by atoms with Gasteiger partial charge < -0.3 is 5.73 Å². The molecule has 0 bridgehead atoms. The first-order chi connectivity index (χ1) is 9.06. The number of rotatable bonds is 4. The predicted octanol–water partition coefficient (Wildman–Crippen LogP) is 1.36. The van der Waals surface area contributed by atoms with Crippen LogP contribution >= 0.6 is 0 Å². The van der Waals surface area contributed by atoms with E-state index in [0.29, 0.717) is 11.5 Å². The third-order valence-corrected chi connectivity index (χ3v) is 4.83. The second kappa shape index (κ2) is 4.27. The minimum Gasteiger partial charge on any atom is -0.399 e. The number of nitrogens with one attached hydrogen (secondary N) is 1. The standard InChI is InChI=1S/C12H14N4O2S/c13-9-1-3-10(4-2-9)16-12(7-8-14-16)15-19(17,18)11-5-6-11/h1-4,7-8,11,15H,5-6,13H2. The van der Waals surface area contributed by atoms with Crippen molar-refractivity contribution in [2.45, 2.75) is 18.1 Å². The van der Waals surface area contributed by atoms with Gasteiger partial charge in [0.1, 0.15) is 5.82 Å². The average Bonchev–Trinajstić information content (AvgIpc) is 3.14. The lowest BCUT2D eigenvalue weighted by Gasteiger charge is -2.10. The Labute approximate surface area is 111 Å². The van der Waals surface area contributed by atoms with Crippen molar-refractivity contribution < 1.29 is 8.42 Å². The van der Waals surface area contributed by atoms with E-state index in [-0.39, 0.29) is 5.25 Å². The highest BCUT2D eigenvalue weighted by Gasteiger charge is 2.36. The van der Waals surface area contributed by atoms with E-state index in [1.54, 1.807) is 41.2 Å². The molecule has 1 aromatic carbocycles. The van der Waals surface area contributed by atoms with E-state index in [4.69, 9.17) is 5.73 Å². The van der Waals surface area contributed by atoms with Crippen LogP contribution in [0.4, 0.5) is 11.5 Å². The molecule has 0 aliphatic heterocycles. The zero-order valence-electron chi connectivity index (χ0n) is 10.2. The summed E-state index contributed by atoms with van der Waals surface area (Å²) in [6.07, 6.45) is 3.01. The normalized spacial score (nSPS) is 15.4. The fraction of sp³-hybridized carbons (Fsp3) is 0.250. The van der Waals surface area contributed by atoms with Crippen LogP contribution < -0.4 is 10.5 Å². The Morgan fingerprint density at radius 3 is 2.53 bits per heavy atom. The average molecular weight is 278 g/mol. The smallest absolute Gasteiger partial charge is 0.236 e. The maximum Gasteiger partial charge on any atom is 0.236 e. The molecule has 0 radical (unpaired) electrons. The molecule has 3 N–H and O–H groups in total. The maximum atomic E-state index is 11.9. The van der Waals surface area contributed by atoms with E-state index in [9.17, 15) is 8.42 Å². The fourth-order valence-electron chi connectivity index (χ4n) is 1.81. The van der Waals surface area contributed by atoms with Gasteiger partial charge in [0.25, 0.3) is 0 Å². The molecular formula is C12H14N4O2S. The minimum atomic E-state index is -3.28. The van der Waals surface area contributed by atoms with Crippen LogP contribution in [-0.2, 0) is 10.0 Å². The Balaban J connectivity index is 1.92. The third kappa shape index (κ3) is 2.41. The van der Waals surface area contributed by atoms with Crippen LogP contribution in [0.15, 0.2) is 36.5 Å². The van der Waals surface area contributed by atoms with E-state index in [2.05, 4.69) is 9.82 Å². The molecule has 1 aromatic heterocycles. The first-order valence-electron chi connectivity index (χ1n) is 5.98. The number of aromatic nitrogens is 2. The number of anilines is 2. The molecule has 0 spiro atoms. The molecule has 0 unspecified atom stereocenters. The lowest BCUT2D eigenvalue weighted by Crippen LogP contribution is -2.19. The maximum absolute atomic E-state index is 11.9. The molecule has 6 nitrogen and oxygen atoms in total. The fourth-order valence-corrected chi connectivity index (χ4v) is 3.18. The summed E-state index contributed by atoms with van der Waals surface area (Å²) in [5.41, 5.74) is 7.03. The number of nitrogens with two attached hydrogens (primary N) is 1. The van der Waals surface area contributed by atoms with Gasteiger partial charge >= 0.3 is 0 Å². The molecular weight excluding hydrogens is 264 g/mol.